The maximum absolute atomic E-state index is 13.6. The van der Waals surface area contributed by atoms with Crippen LogP contribution in [0.2, 0.25) is 0 Å². The van der Waals surface area contributed by atoms with Gasteiger partial charge in [0.25, 0.3) is 10.0 Å². The summed E-state index contributed by atoms with van der Waals surface area (Å²) in [5, 5.41) is 2.88. The van der Waals surface area contributed by atoms with Gasteiger partial charge in [-0.2, -0.15) is 0 Å². The van der Waals surface area contributed by atoms with E-state index >= 15 is 0 Å². The van der Waals surface area contributed by atoms with E-state index in [9.17, 15) is 13.2 Å². The van der Waals surface area contributed by atoms with Gasteiger partial charge in [-0.1, -0.05) is 17.7 Å². The zero-order valence-electron chi connectivity index (χ0n) is 21.0. The number of nitrogens with zero attached hydrogens (tertiary/aromatic N) is 3. The van der Waals surface area contributed by atoms with Gasteiger partial charge in [0.2, 0.25) is 5.91 Å². The number of benzene rings is 2. The van der Waals surface area contributed by atoms with Crippen LogP contribution in [-0.4, -0.2) is 91.2 Å². The topological polar surface area (TPSA) is 91.4 Å². The van der Waals surface area contributed by atoms with Crippen LogP contribution in [-0.2, 0) is 14.8 Å². The third kappa shape index (κ3) is 7.09. The average molecular weight is 505 g/mol. The fourth-order valence-corrected chi connectivity index (χ4v) is 5.36. The number of ether oxygens (including phenoxy) is 2. The number of hydrogen-bond acceptors (Lipinski definition) is 7. The molecule has 0 aliphatic carbocycles. The van der Waals surface area contributed by atoms with Gasteiger partial charge in [-0.05, 0) is 51.2 Å². The number of anilines is 1. The van der Waals surface area contributed by atoms with Crippen molar-refractivity contribution < 1.29 is 22.7 Å². The molecule has 0 radical (unpaired) electrons. The Morgan fingerprint density at radius 2 is 1.66 bits per heavy atom. The summed E-state index contributed by atoms with van der Waals surface area (Å²) in [4.78, 5) is 17.5. The van der Waals surface area contributed by atoms with E-state index in [0.29, 0.717) is 23.7 Å². The summed E-state index contributed by atoms with van der Waals surface area (Å²) in [7, 11) is 1.00. The summed E-state index contributed by atoms with van der Waals surface area (Å²) < 4.78 is 38.9. The largest absolute Gasteiger partial charge is 0.493 e. The molecular formula is C25H36N4O5S. The molecule has 2 aromatic rings. The Morgan fingerprint density at radius 3 is 2.29 bits per heavy atom. The van der Waals surface area contributed by atoms with Gasteiger partial charge in [-0.25, -0.2) is 8.42 Å². The molecule has 10 heteroatoms. The third-order valence-corrected chi connectivity index (χ3v) is 7.89. The zero-order valence-corrected chi connectivity index (χ0v) is 21.8. The highest BCUT2D eigenvalue weighted by atomic mass is 32.2. The monoisotopic (exact) mass is 504 g/mol. The van der Waals surface area contributed by atoms with Crippen LogP contribution in [0.1, 0.15) is 12.0 Å². The summed E-state index contributed by atoms with van der Waals surface area (Å²) in [6, 6.07) is 11.4. The van der Waals surface area contributed by atoms with Crippen molar-refractivity contribution in [3.05, 3.63) is 48.0 Å². The first-order chi connectivity index (χ1) is 16.7. The predicted molar refractivity (Wildman–Crippen MR) is 137 cm³/mol. The van der Waals surface area contributed by atoms with Crippen LogP contribution in [0, 0.1) is 6.92 Å². The van der Waals surface area contributed by atoms with E-state index in [1.54, 1.807) is 12.1 Å². The first-order valence-corrected chi connectivity index (χ1v) is 13.2. The molecule has 0 saturated carbocycles. The quantitative estimate of drug-likeness (QED) is 0.468. The molecule has 1 aliphatic heterocycles. The van der Waals surface area contributed by atoms with E-state index in [-0.39, 0.29) is 17.3 Å². The number of amides is 1. The molecule has 192 valence electrons. The van der Waals surface area contributed by atoms with E-state index < -0.39 is 10.0 Å². The zero-order chi connectivity index (χ0) is 25.4. The fourth-order valence-electron chi connectivity index (χ4n) is 3.92. The molecule has 1 fully saturated rings. The van der Waals surface area contributed by atoms with E-state index in [1.165, 1.54) is 32.4 Å². The standard InChI is InChI=1S/C25H36N4O5S/c1-20-6-8-21(9-7-20)29(35(31,32)22-10-11-23(33-3)24(18-22)34-4)19-25(30)26-12-5-13-28-16-14-27(2)15-17-28/h6-11,18H,5,12-17,19H2,1-4H3,(H,26,30). The van der Waals surface area contributed by atoms with Gasteiger partial charge >= 0.3 is 0 Å². The van der Waals surface area contributed by atoms with Crippen LogP contribution in [0.25, 0.3) is 0 Å². The van der Waals surface area contributed by atoms with Gasteiger partial charge in [-0.15, -0.1) is 0 Å². The number of nitrogens with one attached hydrogen (secondary N) is 1. The first kappa shape index (κ1) is 26.8. The molecule has 2 aromatic carbocycles. The number of carbonyl (C=O) groups is 1. The molecule has 1 saturated heterocycles. The first-order valence-electron chi connectivity index (χ1n) is 11.7. The van der Waals surface area contributed by atoms with Crippen molar-refractivity contribution in [1.29, 1.82) is 0 Å². The van der Waals surface area contributed by atoms with Gasteiger partial charge < -0.3 is 24.6 Å². The molecule has 0 atom stereocenters. The number of hydrogen-bond donors (Lipinski definition) is 1. The smallest absolute Gasteiger partial charge is 0.264 e. The van der Waals surface area contributed by atoms with Crippen LogP contribution >= 0.6 is 0 Å². The van der Waals surface area contributed by atoms with Crippen molar-refractivity contribution in [3.63, 3.8) is 0 Å². The van der Waals surface area contributed by atoms with E-state index in [1.807, 2.05) is 19.1 Å². The molecule has 1 amide bonds. The predicted octanol–water partition coefficient (Wildman–Crippen LogP) is 1.96. The molecule has 0 aromatic heterocycles. The lowest BCUT2D eigenvalue weighted by Gasteiger charge is -2.32. The molecule has 9 nitrogen and oxygen atoms in total. The number of piperazine rings is 1. The summed E-state index contributed by atoms with van der Waals surface area (Å²) in [6.07, 6.45) is 0.808. The molecule has 1 aliphatic rings. The SMILES string of the molecule is COc1ccc(S(=O)(=O)N(CC(=O)NCCCN2CCN(C)CC2)c2ccc(C)cc2)cc1OC. The van der Waals surface area contributed by atoms with E-state index in [0.717, 1.165) is 49.0 Å². The molecule has 35 heavy (non-hydrogen) atoms. The van der Waals surface area contributed by atoms with Crippen LogP contribution in [0.5, 0.6) is 11.5 Å². The minimum Gasteiger partial charge on any atom is -0.493 e. The van der Waals surface area contributed by atoms with Crippen molar-refractivity contribution in [3.8, 4) is 11.5 Å². The maximum atomic E-state index is 13.6. The number of methoxy groups -OCH3 is 2. The lowest BCUT2D eigenvalue weighted by atomic mass is 10.2. The van der Waals surface area contributed by atoms with Crippen molar-refractivity contribution >= 4 is 21.6 Å². The van der Waals surface area contributed by atoms with Crippen LogP contribution < -0.4 is 19.1 Å². The lowest BCUT2D eigenvalue weighted by Crippen LogP contribution is -2.45. The molecule has 1 heterocycles. The van der Waals surface area contributed by atoms with Gasteiger partial charge in [-0.3, -0.25) is 9.10 Å². The van der Waals surface area contributed by atoms with Gasteiger partial charge in [0, 0.05) is 38.8 Å². The molecular weight excluding hydrogens is 468 g/mol. The van der Waals surface area contributed by atoms with Crippen LogP contribution in [0.4, 0.5) is 5.69 Å². The van der Waals surface area contributed by atoms with Crippen molar-refractivity contribution in [2.24, 2.45) is 0 Å². The van der Waals surface area contributed by atoms with E-state index in [4.69, 9.17) is 9.47 Å². The highest BCUT2D eigenvalue weighted by Gasteiger charge is 2.28. The van der Waals surface area contributed by atoms with E-state index in [2.05, 4.69) is 22.2 Å². The van der Waals surface area contributed by atoms with Crippen LogP contribution in [0.15, 0.2) is 47.4 Å². The number of carbonyl (C=O) groups excluding carboxylic acids is 1. The second-order valence-electron chi connectivity index (χ2n) is 8.71. The van der Waals surface area contributed by atoms with Crippen molar-refractivity contribution in [1.82, 2.24) is 15.1 Å². The summed E-state index contributed by atoms with van der Waals surface area (Å²) in [5.41, 5.74) is 1.41. The number of likely N-dealkylation sites (N-methyl/N-ethyl adjacent to an activating group) is 1. The number of sulfonamides is 1. The third-order valence-electron chi connectivity index (χ3n) is 6.12. The Kier molecular flexibility index (Phi) is 9.36. The molecule has 0 bridgehead atoms. The summed E-state index contributed by atoms with van der Waals surface area (Å²) >= 11 is 0. The highest BCUT2D eigenvalue weighted by Crippen LogP contribution is 2.32. The fraction of sp³-hybridized carbons (Fsp3) is 0.480. The summed E-state index contributed by atoms with van der Waals surface area (Å²) in [5.74, 6) is 0.366. The Labute approximate surface area is 208 Å². The highest BCUT2D eigenvalue weighted by molar-refractivity contribution is 7.92. The summed E-state index contributed by atoms with van der Waals surface area (Å²) in [6.45, 7) is 7.13. The van der Waals surface area contributed by atoms with Crippen LogP contribution in [0.3, 0.4) is 0 Å². The van der Waals surface area contributed by atoms with Gasteiger partial charge in [0.1, 0.15) is 6.54 Å². The lowest BCUT2D eigenvalue weighted by molar-refractivity contribution is -0.119. The molecule has 3 rings (SSSR count). The Hall–Kier alpha value is -2.82. The minimum absolute atomic E-state index is 0.0126. The normalized spacial score (nSPS) is 15.0. The molecule has 1 N–H and O–H groups in total. The maximum Gasteiger partial charge on any atom is 0.264 e. The van der Waals surface area contributed by atoms with Crippen molar-refractivity contribution in [2.75, 3.05) is 71.4 Å². The minimum atomic E-state index is -4.05. The Balaban J connectivity index is 1.71. The Bertz CT molecular complexity index is 1080. The molecule has 0 spiro atoms. The number of rotatable bonds is 11. The average Bonchev–Trinajstić information content (AvgIpc) is 2.86. The second kappa shape index (κ2) is 12.2. The molecule has 0 unspecified atom stereocenters. The second-order valence-corrected chi connectivity index (χ2v) is 10.6. The number of aryl methyl sites for hydroxylation is 1. The van der Waals surface area contributed by atoms with Gasteiger partial charge in [0.15, 0.2) is 11.5 Å². The Morgan fingerprint density at radius 1 is 1.00 bits per heavy atom. The van der Waals surface area contributed by atoms with Gasteiger partial charge in [0.05, 0.1) is 24.8 Å². The van der Waals surface area contributed by atoms with Crippen molar-refractivity contribution in [2.45, 2.75) is 18.2 Å².